The van der Waals surface area contributed by atoms with E-state index in [9.17, 15) is 4.79 Å². The van der Waals surface area contributed by atoms with Crippen molar-refractivity contribution in [3.63, 3.8) is 0 Å². The maximum atomic E-state index is 11.0. The molecule has 0 saturated carbocycles. The van der Waals surface area contributed by atoms with Crippen LogP contribution in [0.5, 0.6) is 11.5 Å². The molecule has 0 amide bonds. The van der Waals surface area contributed by atoms with Gasteiger partial charge in [-0.15, -0.1) is 0 Å². The number of ether oxygens (including phenoxy) is 2. The summed E-state index contributed by atoms with van der Waals surface area (Å²) >= 11 is 3.48. The predicted octanol–water partition coefficient (Wildman–Crippen LogP) is 3.51. The molecule has 1 aromatic rings. The second-order valence-corrected chi connectivity index (χ2v) is 6.93. The highest BCUT2D eigenvalue weighted by atomic mass is 79.9. The lowest BCUT2D eigenvalue weighted by atomic mass is 9.97. The average molecular weight is 343 g/mol. The number of rotatable bonds is 3. The summed E-state index contributed by atoms with van der Waals surface area (Å²) in [4.78, 5) is 11.0. The zero-order chi connectivity index (χ0) is 14.9. The van der Waals surface area contributed by atoms with Gasteiger partial charge in [0.1, 0.15) is 0 Å². The second-order valence-electron chi connectivity index (χ2n) is 6.08. The molecule has 0 aliphatic carbocycles. The topological polar surface area (TPSA) is 55.8 Å². The van der Waals surface area contributed by atoms with Crippen LogP contribution >= 0.6 is 15.9 Å². The van der Waals surface area contributed by atoms with Gasteiger partial charge >= 0.3 is 5.97 Å². The van der Waals surface area contributed by atoms with Gasteiger partial charge in [0.25, 0.3) is 0 Å². The van der Waals surface area contributed by atoms with Gasteiger partial charge in [-0.25, -0.2) is 0 Å². The quantitative estimate of drug-likeness (QED) is 0.913. The van der Waals surface area contributed by atoms with Crippen molar-refractivity contribution in [1.29, 1.82) is 0 Å². The molecule has 0 bridgehead atoms. The Kier molecular flexibility index (Phi) is 4.28. The summed E-state index contributed by atoms with van der Waals surface area (Å²) in [5.74, 6) is 0.151. The lowest BCUT2D eigenvalue weighted by molar-refractivity contribution is -0.141. The first-order valence-electron chi connectivity index (χ1n) is 6.59. The van der Waals surface area contributed by atoms with Crippen LogP contribution in [0.3, 0.4) is 0 Å². The van der Waals surface area contributed by atoms with E-state index in [4.69, 9.17) is 14.6 Å². The Balaban J connectivity index is 2.26. The monoisotopic (exact) mass is 342 g/mol. The molecule has 4 nitrogen and oxygen atoms in total. The van der Waals surface area contributed by atoms with Gasteiger partial charge in [-0.05, 0) is 24.1 Å². The minimum atomic E-state index is -0.801. The van der Waals surface area contributed by atoms with E-state index in [1.54, 1.807) is 6.92 Å². The Hall–Kier alpha value is -1.23. The fraction of sp³-hybridized carbons (Fsp3) is 0.533. The molecule has 1 N–H and O–H groups in total. The molecule has 1 aliphatic rings. The minimum Gasteiger partial charge on any atom is -0.489 e. The van der Waals surface area contributed by atoms with E-state index in [1.807, 2.05) is 12.1 Å². The summed E-state index contributed by atoms with van der Waals surface area (Å²) < 4.78 is 12.4. The summed E-state index contributed by atoms with van der Waals surface area (Å²) in [6.45, 7) is 7.04. The normalized spacial score (nSPS) is 18.2. The highest BCUT2D eigenvalue weighted by Crippen LogP contribution is 2.38. The van der Waals surface area contributed by atoms with Crippen LogP contribution in [0.4, 0.5) is 0 Å². The zero-order valence-electron chi connectivity index (χ0n) is 11.9. The number of carboxylic acids is 1. The summed E-state index contributed by atoms with van der Waals surface area (Å²) in [5.41, 5.74) is 0.877. The van der Waals surface area contributed by atoms with Crippen LogP contribution in [0, 0.1) is 11.3 Å². The molecule has 1 atom stereocenters. The lowest BCUT2D eigenvalue weighted by Gasteiger charge is -2.19. The van der Waals surface area contributed by atoms with Crippen LogP contribution in [-0.2, 0) is 11.2 Å². The molecule has 1 heterocycles. The Labute approximate surface area is 127 Å². The molecular weight excluding hydrogens is 324 g/mol. The van der Waals surface area contributed by atoms with Crippen LogP contribution in [0.15, 0.2) is 16.6 Å². The van der Waals surface area contributed by atoms with Crippen molar-refractivity contribution in [3.05, 3.63) is 22.2 Å². The van der Waals surface area contributed by atoms with E-state index >= 15 is 0 Å². The number of carboxylic acid groups (broad SMARTS) is 1. The standard InChI is InChI=1S/C15H19BrO4/c1-9(14(17)18)4-10-5-12-13(6-11(10)16)20-8-15(2,3)7-19-12/h5-6,9H,4,7-8H2,1-3H3,(H,17,18). The molecule has 0 radical (unpaired) electrons. The maximum absolute atomic E-state index is 11.0. The molecule has 2 rings (SSSR count). The van der Waals surface area contributed by atoms with Gasteiger partial charge in [-0.1, -0.05) is 36.7 Å². The van der Waals surface area contributed by atoms with Crippen LogP contribution in [0.1, 0.15) is 26.3 Å². The molecular formula is C15H19BrO4. The van der Waals surface area contributed by atoms with Crippen molar-refractivity contribution in [2.24, 2.45) is 11.3 Å². The van der Waals surface area contributed by atoms with Crippen LogP contribution in [0.25, 0.3) is 0 Å². The molecule has 110 valence electrons. The average Bonchev–Trinajstić information content (AvgIpc) is 2.50. The molecule has 1 aliphatic heterocycles. The van der Waals surface area contributed by atoms with Gasteiger partial charge in [0, 0.05) is 9.89 Å². The van der Waals surface area contributed by atoms with E-state index in [-0.39, 0.29) is 5.41 Å². The minimum absolute atomic E-state index is 0.0417. The third kappa shape index (κ3) is 3.45. The SMILES string of the molecule is CC(Cc1cc2c(cc1Br)OCC(C)(C)CO2)C(=O)O. The van der Waals surface area contributed by atoms with E-state index in [1.165, 1.54) is 0 Å². The third-order valence-electron chi connectivity index (χ3n) is 3.30. The molecule has 0 spiro atoms. The Bertz CT molecular complexity index is 525. The fourth-order valence-corrected chi connectivity index (χ4v) is 2.45. The first-order chi connectivity index (χ1) is 9.28. The van der Waals surface area contributed by atoms with Gasteiger partial charge in [-0.3, -0.25) is 4.79 Å². The van der Waals surface area contributed by atoms with Crippen LogP contribution in [0.2, 0.25) is 0 Å². The molecule has 20 heavy (non-hydrogen) atoms. The van der Waals surface area contributed by atoms with Crippen molar-refractivity contribution in [2.45, 2.75) is 27.2 Å². The first kappa shape index (κ1) is 15.2. The first-order valence-corrected chi connectivity index (χ1v) is 7.38. The number of hydrogen-bond acceptors (Lipinski definition) is 3. The number of carbonyl (C=O) groups is 1. The summed E-state index contributed by atoms with van der Waals surface area (Å²) in [7, 11) is 0. The number of benzene rings is 1. The Morgan fingerprint density at radius 2 is 1.90 bits per heavy atom. The highest BCUT2D eigenvalue weighted by Gasteiger charge is 2.26. The second kappa shape index (κ2) is 5.64. The van der Waals surface area contributed by atoms with Crippen molar-refractivity contribution in [2.75, 3.05) is 13.2 Å². The van der Waals surface area contributed by atoms with Crippen molar-refractivity contribution in [3.8, 4) is 11.5 Å². The fourth-order valence-electron chi connectivity index (χ4n) is 1.96. The third-order valence-corrected chi connectivity index (χ3v) is 4.04. The highest BCUT2D eigenvalue weighted by molar-refractivity contribution is 9.10. The van der Waals surface area contributed by atoms with Gasteiger partial charge in [0.05, 0.1) is 19.1 Å². The number of fused-ring (bicyclic) bond motifs is 1. The Morgan fingerprint density at radius 1 is 1.35 bits per heavy atom. The van der Waals surface area contributed by atoms with Crippen molar-refractivity contribution in [1.82, 2.24) is 0 Å². The predicted molar refractivity (Wildman–Crippen MR) is 79.4 cm³/mol. The maximum Gasteiger partial charge on any atom is 0.306 e. The number of halogens is 1. The van der Waals surface area contributed by atoms with Gasteiger partial charge < -0.3 is 14.6 Å². The number of hydrogen-bond donors (Lipinski definition) is 1. The van der Waals surface area contributed by atoms with E-state index in [0.29, 0.717) is 31.1 Å². The van der Waals surface area contributed by atoms with E-state index in [0.717, 1.165) is 10.0 Å². The molecule has 0 saturated heterocycles. The summed E-state index contributed by atoms with van der Waals surface area (Å²) in [6, 6.07) is 3.74. The largest absolute Gasteiger partial charge is 0.489 e. The molecule has 1 unspecified atom stereocenters. The molecule has 0 fully saturated rings. The molecule has 0 aromatic heterocycles. The molecule has 5 heteroatoms. The van der Waals surface area contributed by atoms with Crippen molar-refractivity contribution < 1.29 is 19.4 Å². The van der Waals surface area contributed by atoms with Crippen molar-refractivity contribution >= 4 is 21.9 Å². The van der Waals surface area contributed by atoms with Crippen LogP contribution < -0.4 is 9.47 Å². The lowest BCUT2D eigenvalue weighted by Crippen LogP contribution is -2.26. The smallest absolute Gasteiger partial charge is 0.306 e. The van der Waals surface area contributed by atoms with E-state index in [2.05, 4.69) is 29.8 Å². The number of aliphatic carboxylic acids is 1. The molecule has 1 aromatic carbocycles. The van der Waals surface area contributed by atoms with Gasteiger partial charge in [0.2, 0.25) is 0 Å². The zero-order valence-corrected chi connectivity index (χ0v) is 13.5. The summed E-state index contributed by atoms with van der Waals surface area (Å²) in [5, 5.41) is 9.02. The Morgan fingerprint density at radius 3 is 2.45 bits per heavy atom. The van der Waals surface area contributed by atoms with Crippen LogP contribution in [-0.4, -0.2) is 24.3 Å². The summed E-state index contributed by atoms with van der Waals surface area (Å²) in [6.07, 6.45) is 0.454. The van der Waals surface area contributed by atoms with E-state index < -0.39 is 11.9 Å². The van der Waals surface area contributed by atoms with Gasteiger partial charge in [-0.2, -0.15) is 0 Å². The van der Waals surface area contributed by atoms with Gasteiger partial charge in [0.15, 0.2) is 11.5 Å².